The second-order valence-corrected chi connectivity index (χ2v) is 2.97. The Hall–Kier alpha value is -1.72. The lowest BCUT2D eigenvalue weighted by molar-refractivity contribution is -0.137. The molecule has 0 aliphatic carbocycles. The van der Waals surface area contributed by atoms with E-state index >= 15 is 0 Å². The Bertz CT molecular complexity index is 374. The molecule has 1 aromatic carbocycles. The van der Waals surface area contributed by atoms with Crippen LogP contribution in [-0.2, 0) is 12.6 Å². The highest BCUT2D eigenvalue weighted by molar-refractivity contribution is 5.82. The van der Waals surface area contributed by atoms with Crippen LogP contribution in [0.2, 0.25) is 0 Å². The molecule has 0 aliphatic heterocycles. The molecule has 3 N–H and O–H groups in total. The molecule has 0 heterocycles. The smallest absolute Gasteiger partial charge is 0.409 e. The van der Waals surface area contributed by atoms with E-state index in [2.05, 4.69) is 5.16 Å². The molecule has 82 valence electrons. The lowest BCUT2D eigenvalue weighted by Gasteiger charge is -2.07. The number of nitrogens with zero attached hydrogens (tertiary/aromatic N) is 1. The maximum Gasteiger partial charge on any atom is 0.416 e. The molecule has 0 bridgehead atoms. The van der Waals surface area contributed by atoms with Crippen molar-refractivity contribution in [2.24, 2.45) is 10.9 Å². The first-order valence-electron chi connectivity index (χ1n) is 4.06. The van der Waals surface area contributed by atoms with E-state index in [1.54, 1.807) is 0 Å². The number of benzene rings is 1. The summed E-state index contributed by atoms with van der Waals surface area (Å²) < 4.78 is 36.8. The number of amidine groups is 1. The topological polar surface area (TPSA) is 58.6 Å². The van der Waals surface area contributed by atoms with Gasteiger partial charge in [0.15, 0.2) is 0 Å². The third-order valence-corrected chi connectivity index (χ3v) is 1.77. The van der Waals surface area contributed by atoms with E-state index in [0.29, 0.717) is 5.56 Å². The number of hydrogen-bond acceptors (Lipinski definition) is 2. The summed E-state index contributed by atoms with van der Waals surface area (Å²) in [5.41, 5.74) is 4.79. The van der Waals surface area contributed by atoms with Crippen molar-refractivity contribution < 1.29 is 18.4 Å². The van der Waals surface area contributed by atoms with Gasteiger partial charge in [-0.3, -0.25) is 0 Å². The van der Waals surface area contributed by atoms with E-state index in [-0.39, 0.29) is 12.3 Å². The monoisotopic (exact) mass is 218 g/mol. The average Bonchev–Trinajstić information content (AvgIpc) is 2.17. The molecule has 0 amide bonds. The Balaban J connectivity index is 2.93. The second-order valence-electron chi connectivity index (χ2n) is 2.97. The molecule has 0 saturated carbocycles. The fraction of sp³-hybridized carbons (Fsp3) is 0.222. The van der Waals surface area contributed by atoms with E-state index in [1.807, 2.05) is 0 Å². The molecule has 0 unspecified atom stereocenters. The van der Waals surface area contributed by atoms with Gasteiger partial charge >= 0.3 is 6.18 Å². The molecule has 15 heavy (non-hydrogen) atoms. The largest absolute Gasteiger partial charge is 0.416 e. The highest BCUT2D eigenvalue weighted by atomic mass is 19.4. The van der Waals surface area contributed by atoms with Crippen molar-refractivity contribution in [3.8, 4) is 0 Å². The molecule has 3 nitrogen and oxygen atoms in total. The average molecular weight is 218 g/mol. The van der Waals surface area contributed by atoms with Crippen molar-refractivity contribution in [1.82, 2.24) is 0 Å². The van der Waals surface area contributed by atoms with E-state index in [1.165, 1.54) is 12.1 Å². The number of halogens is 3. The van der Waals surface area contributed by atoms with Gasteiger partial charge in [-0.1, -0.05) is 23.4 Å². The van der Waals surface area contributed by atoms with Crippen molar-refractivity contribution in [2.75, 3.05) is 0 Å². The summed E-state index contributed by atoms with van der Waals surface area (Å²) in [5, 5.41) is 11.0. The maximum absolute atomic E-state index is 12.3. The lowest BCUT2D eigenvalue weighted by atomic mass is 10.1. The van der Waals surface area contributed by atoms with Gasteiger partial charge < -0.3 is 10.9 Å². The molecule has 0 fully saturated rings. The van der Waals surface area contributed by atoms with E-state index in [9.17, 15) is 13.2 Å². The van der Waals surface area contributed by atoms with Crippen LogP contribution in [0.15, 0.2) is 29.4 Å². The van der Waals surface area contributed by atoms with Gasteiger partial charge in [0, 0.05) is 6.42 Å². The second kappa shape index (κ2) is 4.20. The van der Waals surface area contributed by atoms with Crippen LogP contribution in [0.3, 0.4) is 0 Å². The first kappa shape index (κ1) is 11.4. The molecule has 6 heteroatoms. The normalized spacial score (nSPS) is 12.9. The zero-order chi connectivity index (χ0) is 11.5. The zero-order valence-electron chi connectivity index (χ0n) is 7.62. The van der Waals surface area contributed by atoms with Crippen LogP contribution in [0.25, 0.3) is 0 Å². The summed E-state index contributed by atoms with van der Waals surface area (Å²) in [4.78, 5) is 0. The summed E-state index contributed by atoms with van der Waals surface area (Å²) in [5.74, 6) is -0.130. The van der Waals surface area contributed by atoms with E-state index < -0.39 is 11.7 Å². The zero-order valence-corrected chi connectivity index (χ0v) is 7.62. The number of rotatable bonds is 2. The molecule has 0 saturated heterocycles. The predicted molar refractivity (Wildman–Crippen MR) is 48.6 cm³/mol. The summed E-state index contributed by atoms with van der Waals surface area (Å²) in [6.07, 6.45) is -4.39. The fourth-order valence-corrected chi connectivity index (χ4v) is 1.10. The Morgan fingerprint density at radius 1 is 1.40 bits per heavy atom. The Labute approximate surface area is 84.0 Å². The lowest BCUT2D eigenvalue weighted by Crippen LogP contribution is -2.15. The predicted octanol–water partition coefficient (Wildman–Crippen LogP) is 1.99. The number of hydrogen-bond donors (Lipinski definition) is 2. The first-order chi connectivity index (χ1) is 6.93. The maximum atomic E-state index is 12.3. The van der Waals surface area contributed by atoms with Crippen LogP contribution in [-0.4, -0.2) is 11.0 Å². The molecule has 0 radical (unpaired) electrons. The van der Waals surface area contributed by atoms with Crippen molar-refractivity contribution in [1.29, 1.82) is 0 Å². The Morgan fingerprint density at radius 3 is 2.60 bits per heavy atom. The Kier molecular flexibility index (Phi) is 3.18. The molecule has 0 aliphatic rings. The number of nitrogens with two attached hydrogens (primary N) is 1. The minimum absolute atomic E-state index is 0.0135. The van der Waals surface area contributed by atoms with Gasteiger partial charge in [0.25, 0.3) is 0 Å². The molecule has 0 aromatic heterocycles. The minimum atomic E-state index is -4.37. The van der Waals surface area contributed by atoms with Gasteiger partial charge in [-0.05, 0) is 11.6 Å². The highest BCUT2D eigenvalue weighted by Gasteiger charge is 2.30. The van der Waals surface area contributed by atoms with Crippen LogP contribution < -0.4 is 5.73 Å². The summed E-state index contributed by atoms with van der Waals surface area (Å²) >= 11 is 0. The molecule has 0 atom stereocenters. The van der Waals surface area contributed by atoms with E-state index in [4.69, 9.17) is 10.9 Å². The van der Waals surface area contributed by atoms with Crippen molar-refractivity contribution in [3.63, 3.8) is 0 Å². The SMILES string of the molecule is N/C(Cc1cccc(C(F)(F)F)c1)=N/O. The van der Waals surface area contributed by atoms with Crippen molar-refractivity contribution in [2.45, 2.75) is 12.6 Å². The van der Waals surface area contributed by atoms with Gasteiger partial charge in [-0.25, -0.2) is 0 Å². The molecule has 1 aromatic rings. The van der Waals surface area contributed by atoms with Crippen LogP contribution in [0.4, 0.5) is 13.2 Å². The van der Waals surface area contributed by atoms with Gasteiger partial charge in [-0.2, -0.15) is 13.2 Å². The minimum Gasteiger partial charge on any atom is -0.409 e. The third kappa shape index (κ3) is 3.16. The summed E-state index contributed by atoms with van der Waals surface area (Å²) in [6.45, 7) is 0. The quantitative estimate of drug-likeness (QED) is 0.345. The van der Waals surface area contributed by atoms with Crippen molar-refractivity contribution in [3.05, 3.63) is 35.4 Å². The first-order valence-corrected chi connectivity index (χ1v) is 4.06. The van der Waals surface area contributed by atoms with Crippen LogP contribution >= 0.6 is 0 Å². The Morgan fingerprint density at radius 2 is 2.07 bits per heavy atom. The van der Waals surface area contributed by atoms with Crippen LogP contribution in [0.1, 0.15) is 11.1 Å². The van der Waals surface area contributed by atoms with Crippen LogP contribution in [0, 0.1) is 0 Å². The summed E-state index contributed by atoms with van der Waals surface area (Å²) in [6, 6.07) is 4.70. The van der Waals surface area contributed by atoms with E-state index in [0.717, 1.165) is 12.1 Å². The van der Waals surface area contributed by atoms with Gasteiger partial charge in [0.1, 0.15) is 5.84 Å². The van der Waals surface area contributed by atoms with Crippen LogP contribution in [0.5, 0.6) is 0 Å². The van der Waals surface area contributed by atoms with Gasteiger partial charge in [-0.15, -0.1) is 0 Å². The van der Waals surface area contributed by atoms with Crippen molar-refractivity contribution >= 4 is 5.84 Å². The fourth-order valence-electron chi connectivity index (χ4n) is 1.10. The summed E-state index contributed by atoms with van der Waals surface area (Å²) in [7, 11) is 0. The molecular weight excluding hydrogens is 209 g/mol. The number of alkyl halides is 3. The third-order valence-electron chi connectivity index (χ3n) is 1.77. The van der Waals surface area contributed by atoms with Gasteiger partial charge in [0.2, 0.25) is 0 Å². The standard InChI is InChI=1S/C9H9F3N2O/c10-9(11,12)7-3-1-2-6(4-7)5-8(13)14-15/h1-4,15H,5H2,(H2,13,14). The van der Waals surface area contributed by atoms with Gasteiger partial charge in [0.05, 0.1) is 5.56 Å². The molecule has 1 rings (SSSR count). The number of oxime groups is 1. The molecule has 0 spiro atoms. The molecular formula is C9H9F3N2O. The highest BCUT2D eigenvalue weighted by Crippen LogP contribution is 2.29.